The number of carbonyl (C=O) groups is 3. The van der Waals surface area contributed by atoms with Crippen molar-refractivity contribution in [1.82, 2.24) is 10.2 Å². The van der Waals surface area contributed by atoms with Crippen LogP contribution in [0, 0.1) is 0 Å². The van der Waals surface area contributed by atoms with Crippen LogP contribution in [0.25, 0.3) is 0 Å². The van der Waals surface area contributed by atoms with Gasteiger partial charge in [-0.3, -0.25) is 9.59 Å². The Labute approximate surface area is 135 Å². The van der Waals surface area contributed by atoms with Crippen molar-refractivity contribution in [2.24, 2.45) is 0 Å². The molecule has 7 heteroatoms. The van der Waals surface area contributed by atoms with Crippen molar-refractivity contribution < 1.29 is 19.1 Å². The summed E-state index contributed by atoms with van der Waals surface area (Å²) in [6.07, 6.45) is 3.80. The number of hydrogen-bond donors (Lipinski definition) is 1. The second kappa shape index (κ2) is 8.82. The van der Waals surface area contributed by atoms with Gasteiger partial charge in [0.25, 0.3) is 0 Å². The first-order chi connectivity index (χ1) is 10.4. The molecule has 0 spiro atoms. The van der Waals surface area contributed by atoms with Gasteiger partial charge in [0.05, 0.1) is 7.11 Å². The number of hydrogen-bond acceptors (Lipinski definition) is 5. The molecule has 0 bridgehead atoms. The van der Waals surface area contributed by atoms with E-state index < -0.39 is 18.1 Å². The maximum Gasteiger partial charge on any atom is 0.328 e. The van der Waals surface area contributed by atoms with Gasteiger partial charge < -0.3 is 15.0 Å². The summed E-state index contributed by atoms with van der Waals surface area (Å²) >= 11 is 1.59. The first-order valence-electron chi connectivity index (χ1n) is 7.26. The van der Waals surface area contributed by atoms with E-state index in [-0.39, 0.29) is 11.8 Å². The van der Waals surface area contributed by atoms with Gasteiger partial charge in [0, 0.05) is 12.1 Å². The molecule has 6 nitrogen and oxygen atoms in total. The first-order valence-corrected chi connectivity index (χ1v) is 8.65. The summed E-state index contributed by atoms with van der Waals surface area (Å²) in [5.74, 6) is -0.239. The lowest BCUT2D eigenvalue weighted by atomic mass is 10.1. The van der Waals surface area contributed by atoms with Gasteiger partial charge in [0.1, 0.15) is 12.1 Å². The normalized spacial score (nSPS) is 18.7. The zero-order chi connectivity index (χ0) is 16.7. The van der Waals surface area contributed by atoms with Gasteiger partial charge in [-0.25, -0.2) is 4.79 Å². The van der Waals surface area contributed by atoms with Crippen LogP contribution in [-0.4, -0.2) is 60.4 Å². The molecule has 0 saturated carbocycles. The minimum absolute atomic E-state index is 0.212. The van der Waals surface area contributed by atoms with Crippen LogP contribution in [0.5, 0.6) is 0 Å². The standard InChI is InChI=1S/C15H24N2O4S/c1-10(2)14(19)17-8-5-6-12(17)13(18)16-11(7-9-22-4)15(20)21-3/h11-12H,1,5-9H2,2-4H3,(H,16,18)/t11-,12-/m0/s1. The third-order valence-corrected chi connectivity index (χ3v) is 4.24. The van der Waals surface area contributed by atoms with Gasteiger partial charge in [-0.15, -0.1) is 0 Å². The Morgan fingerprint density at radius 3 is 2.68 bits per heavy atom. The van der Waals surface area contributed by atoms with Gasteiger partial charge in [0.2, 0.25) is 11.8 Å². The van der Waals surface area contributed by atoms with Gasteiger partial charge >= 0.3 is 5.97 Å². The average Bonchev–Trinajstić information content (AvgIpc) is 2.98. The van der Waals surface area contributed by atoms with Crippen LogP contribution >= 0.6 is 11.8 Å². The number of methoxy groups -OCH3 is 1. The van der Waals surface area contributed by atoms with Gasteiger partial charge in [-0.1, -0.05) is 6.58 Å². The van der Waals surface area contributed by atoms with E-state index in [2.05, 4.69) is 11.9 Å². The number of rotatable bonds is 7. The minimum Gasteiger partial charge on any atom is -0.467 e. The molecule has 2 amide bonds. The molecule has 0 aliphatic carbocycles. The minimum atomic E-state index is -0.674. The average molecular weight is 328 g/mol. The summed E-state index contributed by atoms with van der Waals surface area (Å²) in [6, 6.07) is -1.21. The predicted molar refractivity (Wildman–Crippen MR) is 86.5 cm³/mol. The SMILES string of the molecule is C=C(C)C(=O)N1CCC[C@H]1C(=O)N[C@@H](CCSC)C(=O)OC. The quantitative estimate of drug-likeness (QED) is 0.556. The summed E-state index contributed by atoms with van der Waals surface area (Å²) in [7, 11) is 1.30. The van der Waals surface area contributed by atoms with Crippen LogP contribution < -0.4 is 5.32 Å². The number of ether oxygens (including phenoxy) is 1. The highest BCUT2D eigenvalue weighted by Crippen LogP contribution is 2.20. The molecule has 1 N–H and O–H groups in total. The molecule has 1 aliphatic heterocycles. The zero-order valence-corrected chi connectivity index (χ0v) is 14.2. The number of carbonyl (C=O) groups excluding carboxylic acids is 3. The molecule has 0 aromatic rings. The van der Waals surface area contributed by atoms with E-state index in [9.17, 15) is 14.4 Å². The Balaban J connectivity index is 2.73. The first kappa shape index (κ1) is 18.5. The summed E-state index contributed by atoms with van der Waals surface area (Å²) in [6.45, 7) is 5.81. The Bertz CT molecular complexity index is 453. The molecule has 1 heterocycles. The van der Waals surface area contributed by atoms with E-state index in [1.165, 1.54) is 12.0 Å². The third-order valence-electron chi connectivity index (χ3n) is 3.59. The van der Waals surface area contributed by atoms with Crippen molar-refractivity contribution in [2.75, 3.05) is 25.7 Å². The molecule has 22 heavy (non-hydrogen) atoms. The molecule has 0 unspecified atom stereocenters. The number of thioether (sulfide) groups is 1. The molecule has 1 fully saturated rings. The highest BCUT2D eigenvalue weighted by Gasteiger charge is 2.35. The monoisotopic (exact) mass is 328 g/mol. The van der Waals surface area contributed by atoms with E-state index in [1.807, 2.05) is 6.26 Å². The van der Waals surface area contributed by atoms with E-state index in [0.717, 1.165) is 12.2 Å². The number of amides is 2. The summed E-state index contributed by atoms with van der Waals surface area (Å²) < 4.78 is 4.73. The second-order valence-electron chi connectivity index (χ2n) is 5.30. The number of esters is 1. The molecule has 124 valence electrons. The summed E-state index contributed by atoms with van der Waals surface area (Å²) in [5.41, 5.74) is 0.409. The Morgan fingerprint density at radius 1 is 1.45 bits per heavy atom. The smallest absolute Gasteiger partial charge is 0.328 e. The van der Waals surface area contributed by atoms with Gasteiger partial charge in [-0.05, 0) is 38.2 Å². The Kier molecular flexibility index (Phi) is 7.44. The second-order valence-corrected chi connectivity index (χ2v) is 6.29. The lowest BCUT2D eigenvalue weighted by molar-refractivity contribution is -0.146. The van der Waals surface area contributed by atoms with Crippen LogP contribution in [0.15, 0.2) is 12.2 Å². The van der Waals surface area contributed by atoms with E-state index >= 15 is 0 Å². The van der Waals surface area contributed by atoms with E-state index in [1.54, 1.807) is 18.7 Å². The molecule has 1 rings (SSSR count). The van der Waals surface area contributed by atoms with E-state index in [0.29, 0.717) is 25.0 Å². The zero-order valence-electron chi connectivity index (χ0n) is 13.4. The molecule has 0 radical (unpaired) electrons. The molecule has 2 atom stereocenters. The Morgan fingerprint density at radius 2 is 2.14 bits per heavy atom. The Hall–Kier alpha value is -1.50. The lowest BCUT2D eigenvalue weighted by Gasteiger charge is -2.26. The van der Waals surface area contributed by atoms with Gasteiger partial charge in [-0.2, -0.15) is 11.8 Å². The highest BCUT2D eigenvalue weighted by molar-refractivity contribution is 7.98. The van der Waals surface area contributed by atoms with Crippen molar-refractivity contribution in [3.8, 4) is 0 Å². The lowest BCUT2D eigenvalue weighted by Crippen LogP contribution is -2.51. The highest BCUT2D eigenvalue weighted by atomic mass is 32.2. The fourth-order valence-electron chi connectivity index (χ4n) is 2.42. The largest absolute Gasteiger partial charge is 0.467 e. The van der Waals surface area contributed by atoms with Crippen molar-refractivity contribution in [3.63, 3.8) is 0 Å². The van der Waals surface area contributed by atoms with Crippen molar-refractivity contribution in [2.45, 2.75) is 38.3 Å². The van der Waals surface area contributed by atoms with Crippen LogP contribution in [0.1, 0.15) is 26.2 Å². The fourth-order valence-corrected chi connectivity index (χ4v) is 2.89. The number of likely N-dealkylation sites (tertiary alicyclic amines) is 1. The molecule has 0 aromatic carbocycles. The van der Waals surface area contributed by atoms with Gasteiger partial charge in [0.15, 0.2) is 0 Å². The van der Waals surface area contributed by atoms with Crippen molar-refractivity contribution in [3.05, 3.63) is 12.2 Å². The fraction of sp³-hybridized carbons (Fsp3) is 0.667. The molecule has 1 aliphatic rings. The van der Waals surface area contributed by atoms with Crippen LogP contribution in [0.3, 0.4) is 0 Å². The van der Waals surface area contributed by atoms with Crippen molar-refractivity contribution >= 4 is 29.5 Å². The molecular weight excluding hydrogens is 304 g/mol. The molecule has 0 aromatic heterocycles. The van der Waals surface area contributed by atoms with E-state index in [4.69, 9.17) is 4.74 Å². The third kappa shape index (κ3) is 4.76. The summed E-state index contributed by atoms with van der Waals surface area (Å²) in [5, 5.41) is 2.72. The van der Waals surface area contributed by atoms with Crippen LogP contribution in [0.4, 0.5) is 0 Å². The summed E-state index contributed by atoms with van der Waals surface area (Å²) in [4.78, 5) is 37.8. The maximum absolute atomic E-state index is 12.4. The number of nitrogens with zero attached hydrogens (tertiary/aromatic N) is 1. The topological polar surface area (TPSA) is 75.7 Å². The molecular formula is C15H24N2O4S. The van der Waals surface area contributed by atoms with Crippen LogP contribution in [0.2, 0.25) is 0 Å². The number of nitrogens with one attached hydrogen (secondary N) is 1. The maximum atomic E-state index is 12.4. The predicted octanol–water partition coefficient (Wildman–Crippen LogP) is 0.964. The van der Waals surface area contributed by atoms with Crippen molar-refractivity contribution in [1.29, 1.82) is 0 Å². The van der Waals surface area contributed by atoms with Crippen LogP contribution in [-0.2, 0) is 19.1 Å². The molecule has 1 saturated heterocycles.